The first kappa shape index (κ1) is 25.6. The highest BCUT2D eigenvalue weighted by Crippen LogP contribution is 2.33. The first-order valence-corrected chi connectivity index (χ1v) is 11.0. The van der Waals surface area contributed by atoms with Crippen molar-refractivity contribution in [2.75, 3.05) is 69.0 Å². The standard InChI is InChI=1S/C24H35N5O2.ClH/c1-7-12-25-22-17(2)21(24(30)27(4)5)23(26-18(22)3)29-15-13-28(14-16-29)19-10-8-9-11-20(19)31-6;/h8-11,25H,7,12-16H2,1-6H3;1H. The molecule has 1 amide bonds. The van der Waals surface area contributed by atoms with Gasteiger partial charge >= 0.3 is 0 Å². The molecule has 3 rings (SSSR count). The molecule has 1 aliphatic heterocycles. The van der Waals surface area contributed by atoms with Crippen LogP contribution in [0.5, 0.6) is 5.75 Å². The average molecular weight is 462 g/mol. The topological polar surface area (TPSA) is 60.9 Å². The van der Waals surface area contributed by atoms with Gasteiger partial charge < -0.3 is 24.8 Å². The van der Waals surface area contributed by atoms with E-state index < -0.39 is 0 Å². The minimum atomic E-state index is -0.00768. The lowest BCUT2D eigenvalue weighted by molar-refractivity contribution is 0.0827. The number of ether oxygens (including phenoxy) is 1. The van der Waals surface area contributed by atoms with Gasteiger partial charge in [0.25, 0.3) is 5.91 Å². The van der Waals surface area contributed by atoms with Gasteiger partial charge in [0.15, 0.2) is 0 Å². The molecule has 0 atom stereocenters. The van der Waals surface area contributed by atoms with Crippen molar-refractivity contribution in [1.29, 1.82) is 0 Å². The molecule has 0 saturated carbocycles. The molecule has 32 heavy (non-hydrogen) atoms. The molecule has 1 N–H and O–H groups in total. The number of methoxy groups -OCH3 is 1. The summed E-state index contributed by atoms with van der Waals surface area (Å²) in [7, 11) is 5.30. The SMILES string of the molecule is CCCNc1c(C)nc(N2CCN(c3ccccc3OC)CC2)c(C(=O)N(C)C)c1C.Cl. The number of pyridine rings is 1. The highest BCUT2D eigenvalue weighted by atomic mass is 35.5. The van der Waals surface area contributed by atoms with E-state index in [1.54, 1.807) is 26.1 Å². The largest absolute Gasteiger partial charge is 0.495 e. The van der Waals surface area contributed by atoms with Crippen LogP contribution in [0.2, 0.25) is 0 Å². The smallest absolute Gasteiger partial charge is 0.257 e. The van der Waals surface area contributed by atoms with Crippen LogP contribution < -0.4 is 19.9 Å². The van der Waals surface area contributed by atoms with E-state index in [0.29, 0.717) is 5.56 Å². The number of benzene rings is 1. The van der Waals surface area contributed by atoms with Gasteiger partial charge in [0.05, 0.1) is 29.7 Å². The number of aryl methyl sites for hydroxylation is 1. The lowest BCUT2D eigenvalue weighted by Gasteiger charge is -2.38. The summed E-state index contributed by atoms with van der Waals surface area (Å²) in [5.74, 6) is 1.66. The number of nitrogens with one attached hydrogen (secondary N) is 1. The Labute approximate surface area is 198 Å². The van der Waals surface area contributed by atoms with Crippen LogP contribution in [0.15, 0.2) is 24.3 Å². The molecule has 1 fully saturated rings. The van der Waals surface area contributed by atoms with Gasteiger partial charge in [0, 0.05) is 46.8 Å². The van der Waals surface area contributed by atoms with Gasteiger partial charge in [-0.05, 0) is 38.0 Å². The number of piperazine rings is 1. The molecule has 0 unspecified atom stereocenters. The number of aromatic nitrogens is 1. The predicted molar refractivity (Wildman–Crippen MR) is 135 cm³/mol. The number of hydrogen-bond acceptors (Lipinski definition) is 6. The summed E-state index contributed by atoms with van der Waals surface area (Å²) in [5.41, 5.74) is 4.68. The van der Waals surface area contributed by atoms with Crippen molar-refractivity contribution in [3.05, 3.63) is 41.1 Å². The summed E-state index contributed by atoms with van der Waals surface area (Å²) in [6, 6.07) is 8.11. The number of para-hydroxylation sites is 2. The van der Waals surface area contributed by atoms with Crippen molar-refractivity contribution in [3.8, 4) is 5.75 Å². The van der Waals surface area contributed by atoms with Gasteiger partial charge in [-0.2, -0.15) is 0 Å². The highest BCUT2D eigenvalue weighted by molar-refractivity contribution is 6.01. The number of rotatable bonds is 7. The lowest BCUT2D eigenvalue weighted by atomic mass is 10.0. The van der Waals surface area contributed by atoms with Crippen LogP contribution in [0.25, 0.3) is 0 Å². The van der Waals surface area contributed by atoms with E-state index in [9.17, 15) is 4.79 Å². The first-order chi connectivity index (χ1) is 14.9. The van der Waals surface area contributed by atoms with Crippen molar-refractivity contribution >= 4 is 35.5 Å². The Kier molecular flexibility index (Phi) is 9.01. The maximum absolute atomic E-state index is 13.1. The molecule has 7 nitrogen and oxygen atoms in total. The van der Waals surface area contributed by atoms with Crippen LogP contribution in [0.1, 0.15) is 35.0 Å². The lowest BCUT2D eigenvalue weighted by Crippen LogP contribution is -2.47. The second kappa shape index (κ2) is 11.3. The zero-order chi connectivity index (χ0) is 22.5. The summed E-state index contributed by atoms with van der Waals surface area (Å²) in [5, 5.41) is 3.46. The normalized spacial score (nSPS) is 13.4. The van der Waals surface area contributed by atoms with E-state index in [2.05, 4.69) is 28.1 Å². The van der Waals surface area contributed by atoms with E-state index in [0.717, 1.165) is 73.3 Å². The molecule has 1 aromatic heterocycles. The Bertz CT molecular complexity index is 927. The van der Waals surface area contributed by atoms with Crippen molar-refractivity contribution in [1.82, 2.24) is 9.88 Å². The second-order valence-electron chi connectivity index (χ2n) is 8.17. The molecule has 0 radical (unpaired) electrons. The minimum Gasteiger partial charge on any atom is -0.495 e. The third-order valence-corrected chi connectivity index (χ3v) is 5.79. The number of anilines is 3. The molecule has 2 aromatic rings. The second-order valence-corrected chi connectivity index (χ2v) is 8.17. The van der Waals surface area contributed by atoms with Gasteiger partial charge in [-0.25, -0.2) is 4.98 Å². The van der Waals surface area contributed by atoms with Crippen LogP contribution in [0.4, 0.5) is 17.2 Å². The van der Waals surface area contributed by atoms with Crippen LogP contribution in [-0.4, -0.2) is 69.7 Å². The summed E-state index contributed by atoms with van der Waals surface area (Å²) < 4.78 is 5.54. The molecule has 1 aromatic carbocycles. The Morgan fingerprint density at radius 1 is 1.12 bits per heavy atom. The number of carbonyl (C=O) groups excluding carboxylic acids is 1. The van der Waals surface area contributed by atoms with Gasteiger partial charge in [0.2, 0.25) is 0 Å². The van der Waals surface area contributed by atoms with Gasteiger partial charge in [-0.15, -0.1) is 12.4 Å². The number of nitrogens with zero attached hydrogens (tertiary/aromatic N) is 4. The first-order valence-electron chi connectivity index (χ1n) is 11.0. The molecule has 2 heterocycles. The summed E-state index contributed by atoms with van der Waals surface area (Å²) in [6.45, 7) is 10.3. The molecule has 176 valence electrons. The third-order valence-electron chi connectivity index (χ3n) is 5.79. The quantitative estimate of drug-likeness (QED) is 0.673. The van der Waals surface area contributed by atoms with Gasteiger partial charge in [-0.1, -0.05) is 19.1 Å². The molecule has 1 saturated heterocycles. The van der Waals surface area contributed by atoms with Crippen LogP contribution in [-0.2, 0) is 0 Å². The van der Waals surface area contributed by atoms with E-state index in [4.69, 9.17) is 9.72 Å². The number of hydrogen-bond donors (Lipinski definition) is 1. The fourth-order valence-corrected chi connectivity index (χ4v) is 4.10. The zero-order valence-electron chi connectivity index (χ0n) is 20.1. The molecule has 8 heteroatoms. The number of amides is 1. The molecule has 0 aliphatic carbocycles. The Hall–Kier alpha value is -2.67. The fourth-order valence-electron chi connectivity index (χ4n) is 4.10. The summed E-state index contributed by atoms with van der Waals surface area (Å²) in [6.07, 6.45) is 1.02. The molecular formula is C24H36ClN5O2. The van der Waals surface area contributed by atoms with E-state index in [-0.39, 0.29) is 18.3 Å². The average Bonchev–Trinajstić information content (AvgIpc) is 2.78. The Morgan fingerprint density at radius 3 is 2.34 bits per heavy atom. The van der Waals surface area contributed by atoms with E-state index >= 15 is 0 Å². The number of carbonyl (C=O) groups is 1. The van der Waals surface area contributed by atoms with Crippen molar-refractivity contribution in [2.24, 2.45) is 0 Å². The summed E-state index contributed by atoms with van der Waals surface area (Å²) >= 11 is 0. The molecule has 0 spiro atoms. The fraction of sp³-hybridized carbons (Fsp3) is 0.500. The predicted octanol–water partition coefficient (Wildman–Crippen LogP) is 3.98. The maximum Gasteiger partial charge on any atom is 0.257 e. The van der Waals surface area contributed by atoms with Gasteiger partial charge in [0.1, 0.15) is 11.6 Å². The molecule has 1 aliphatic rings. The van der Waals surface area contributed by atoms with Crippen molar-refractivity contribution in [3.63, 3.8) is 0 Å². The minimum absolute atomic E-state index is 0. The molecule has 0 bridgehead atoms. The van der Waals surface area contributed by atoms with E-state index in [1.807, 2.05) is 32.0 Å². The molecular weight excluding hydrogens is 426 g/mol. The van der Waals surface area contributed by atoms with Crippen molar-refractivity contribution in [2.45, 2.75) is 27.2 Å². The summed E-state index contributed by atoms with van der Waals surface area (Å²) in [4.78, 5) is 24.3. The van der Waals surface area contributed by atoms with E-state index in [1.165, 1.54) is 0 Å². The van der Waals surface area contributed by atoms with Crippen LogP contribution >= 0.6 is 12.4 Å². The Balaban J connectivity index is 0.00000363. The van der Waals surface area contributed by atoms with Crippen LogP contribution in [0.3, 0.4) is 0 Å². The highest BCUT2D eigenvalue weighted by Gasteiger charge is 2.28. The monoisotopic (exact) mass is 461 g/mol. The Morgan fingerprint density at radius 2 is 1.75 bits per heavy atom. The maximum atomic E-state index is 13.1. The van der Waals surface area contributed by atoms with Crippen molar-refractivity contribution < 1.29 is 9.53 Å². The third kappa shape index (κ3) is 5.21. The van der Waals surface area contributed by atoms with Crippen LogP contribution in [0, 0.1) is 13.8 Å². The van der Waals surface area contributed by atoms with Gasteiger partial charge in [-0.3, -0.25) is 4.79 Å². The number of halogens is 1. The zero-order valence-corrected chi connectivity index (χ0v) is 20.9.